The van der Waals surface area contributed by atoms with Crippen molar-refractivity contribution in [1.82, 2.24) is 4.98 Å². The highest BCUT2D eigenvalue weighted by molar-refractivity contribution is 6.40. The van der Waals surface area contributed by atoms with Gasteiger partial charge in [-0.25, -0.2) is 0 Å². The molecule has 2 aromatic carbocycles. The van der Waals surface area contributed by atoms with E-state index in [0.29, 0.717) is 11.8 Å². The van der Waals surface area contributed by atoms with Crippen LogP contribution in [-0.4, -0.2) is 20.7 Å². The summed E-state index contributed by atoms with van der Waals surface area (Å²) < 4.78 is 0. The smallest absolute Gasteiger partial charge is 0.0708 e. The minimum Gasteiger partial charge on any atom is -0.256 e. The fourth-order valence-corrected chi connectivity index (χ4v) is 3.96. The zero-order valence-electron chi connectivity index (χ0n) is 20.0. The SMILES string of the molecule is [B]C([B])(c1cc(C(C)C)c(-c2ccnc(-c3ccccc3)c2)c(C(C)C)c1)C(C)(C)C. The summed E-state index contributed by atoms with van der Waals surface area (Å²) in [6.45, 7) is 15.2. The van der Waals surface area contributed by atoms with E-state index in [1.165, 1.54) is 22.3 Å². The van der Waals surface area contributed by atoms with Gasteiger partial charge in [-0.1, -0.05) is 102 Å². The van der Waals surface area contributed by atoms with Gasteiger partial charge in [0.1, 0.15) is 0 Å². The summed E-state index contributed by atoms with van der Waals surface area (Å²) in [5.74, 6) is 0.660. The van der Waals surface area contributed by atoms with Crippen LogP contribution in [0.15, 0.2) is 60.8 Å². The van der Waals surface area contributed by atoms with Crippen molar-refractivity contribution >= 4 is 15.7 Å². The van der Waals surface area contributed by atoms with Crippen molar-refractivity contribution in [2.45, 2.75) is 65.5 Å². The molecule has 3 rings (SSSR count). The molecule has 3 heteroatoms. The molecule has 0 N–H and O–H groups in total. The van der Waals surface area contributed by atoms with E-state index in [1.54, 1.807) is 0 Å². The van der Waals surface area contributed by atoms with Gasteiger partial charge in [0.15, 0.2) is 0 Å². The fourth-order valence-electron chi connectivity index (χ4n) is 3.96. The van der Waals surface area contributed by atoms with E-state index in [2.05, 4.69) is 89.8 Å². The number of rotatable bonds is 5. The predicted molar refractivity (Wildman–Crippen MR) is 136 cm³/mol. The highest BCUT2D eigenvalue weighted by Gasteiger charge is 2.34. The first-order chi connectivity index (χ1) is 14.4. The standard InChI is InChI=1S/C28H33B2N/c1-18(2)23-16-22(28(29,30)27(5,6)7)17-24(19(3)4)26(23)21-13-14-31-25(15-21)20-11-9-8-10-12-20/h8-19H,1-7H3. The Morgan fingerprint density at radius 2 is 1.29 bits per heavy atom. The molecule has 0 aliphatic carbocycles. The fraction of sp³-hybridized carbons (Fsp3) is 0.393. The molecule has 156 valence electrons. The summed E-state index contributed by atoms with van der Waals surface area (Å²) in [4.78, 5) is 4.63. The Hall–Kier alpha value is -2.28. The number of benzene rings is 2. The van der Waals surface area contributed by atoms with Gasteiger partial charge < -0.3 is 0 Å². The molecule has 31 heavy (non-hydrogen) atoms. The molecule has 0 fully saturated rings. The Kier molecular flexibility index (Phi) is 6.56. The van der Waals surface area contributed by atoms with E-state index in [-0.39, 0.29) is 5.41 Å². The van der Waals surface area contributed by atoms with E-state index in [4.69, 9.17) is 15.7 Å². The van der Waals surface area contributed by atoms with E-state index in [9.17, 15) is 0 Å². The van der Waals surface area contributed by atoms with Crippen LogP contribution in [0.1, 0.15) is 77.0 Å². The Morgan fingerprint density at radius 1 is 0.742 bits per heavy atom. The Morgan fingerprint density at radius 3 is 1.77 bits per heavy atom. The van der Waals surface area contributed by atoms with Gasteiger partial charge in [-0.05, 0) is 51.6 Å². The van der Waals surface area contributed by atoms with E-state index >= 15 is 0 Å². The minimum atomic E-state index is -0.924. The molecular weight excluding hydrogens is 372 g/mol. The van der Waals surface area contributed by atoms with Crippen molar-refractivity contribution < 1.29 is 0 Å². The molecule has 0 unspecified atom stereocenters. The third-order valence-electron chi connectivity index (χ3n) is 6.28. The van der Waals surface area contributed by atoms with Crippen LogP contribution in [0.25, 0.3) is 22.4 Å². The van der Waals surface area contributed by atoms with Crippen LogP contribution in [0.5, 0.6) is 0 Å². The van der Waals surface area contributed by atoms with Gasteiger partial charge in [0.05, 0.1) is 21.4 Å². The van der Waals surface area contributed by atoms with E-state index in [0.717, 1.165) is 16.8 Å². The summed E-state index contributed by atoms with van der Waals surface area (Å²) in [5.41, 5.74) is 7.83. The molecular formula is C28H33B2N. The highest BCUT2D eigenvalue weighted by atomic mass is 14.7. The van der Waals surface area contributed by atoms with Gasteiger partial charge in [0.25, 0.3) is 0 Å². The molecule has 0 bridgehead atoms. The van der Waals surface area contributed by atoms with Crippen molar-refractivity contribution in [1.29, 1.82) is 0 Å². The number of hydrogen-bond acceptors (Lipinski definition) is 1. The second-order valence-electron chi connectivity index (χ2n) is 10.3. The van der Waals surface area contributed by atoms with Crippen molar-refractivity contribution in [3.8, 4) is 22.4 Å². The molecule has 1 heterocycles. The largest absolute Gasteiger partial charge is 0.256 e. The number of aromatic nitrogens is 1. The maximum atomic E-state index is 6.71. The first-order valence-corrected chi connectivity index (χ1v) is 11.2. The summed E-state index contributed by atoms with van der Waals surface area (Å²) in [5, 5.41) is -0.924. The Balaban J connectivity index is 2.28. The number of pyridine rings is 1. The third-order valence-corrected chi connectivity index (χ3v) is 6.28. The first-order valence-electron chi connectivity index (χ1n) is 11.2. The molecule has 0 aliphatic rings. The van der Waals surface area contributed by atoms with E-state index in [1.807, 2.05) is 24.4 Å². The normalized spacial score (nSPS) is 12.5. The summed E-state index contributed by atoms with van der Waals surface area (Å²) in [6, 6.07) is 19.1. The second kappa shape index (κ2) is 8.69. The van der Waals surface area contributed by atoms with E-state index < -0.39 is 5.21 Å². The van der Waals surface area contributed by atoms with Crippen LogP contribution in [0.2, 0.25) is 0 Å². The lowest BCUT2D eigenvalue weighted by Gasteiger charge is -2.42. The maximum absolute atomic E-state index is 6.71. The maximum Gasteiger partial charge on any atom is 0.0708 e. The van der Waals surface area contributed by atoms with Gasteiger partial charge in [0, 0.05) is 11.8 Å². The number of nitrogens with zero attached hydrogens (tertiary/aromatic N) is 1. The summed E-state index contributed by atoms with van der Waals surface area (Å²) in [7, 11) is 13.4. The van der Waals surface area contributed by atoms with Crippen LogP contribution in [-0.2, 0) is 5.21 Å². The van der Waals surface area contributed by atoms with Gasteiger partial charge >= 0.3 is 0 Å². The van der Waals surface area contributed by atoms with Crippen LogP contribution < -0.4 is 0 Å². The Labute approximate surface area is 191 Å². The van der Waals surface area contributed by atoms with Crippen molar-refractivity contribution in [2.24, 2.45) is 5.41 Å². The molecule has 0 aliphatic heterocycles. The van der Waals surface area contributed by atoms with Crippen molar-refractivity contribution in [3.05, 3.63) is 77.5 Å². The highest BCUT2D eigenvalue weighted by Crippen LogP contribution is 2.43. The van der Waals surface area contributed by atoms with Crippen LogP contribution in [0, 0.1) is 5.41 Å². The molecule has 3 aromatic rings. The monoisotopic (exact) mass is 405 g/mol. The van der Waals surface area contributed by atoms with Gasteiger partial charge in [-0.2, -0.15) is 0 Å². The zero-order valence-corrected chi connectivity index (χ0v) is 20.0. The first kappa shape index (κ1) is 23.4. The van der Waals surface area contributed by atoms with Crippen molar-refractivity contribution in [3.63, 3.8) is 0 Å². The summed E-state index contributed by atoms with van der Waals surface area (Å²) in [6.07, 6.45) is 1.91. The molecule has 4 radical (unpaired) electrons. The molecule has 1 nitrogen and oxygen atoms in total. The quantitative estimate of drug-likeness (QED) is 0.409. The molecule has 1 aromatic heterocycles. The average Bonchev–Trinajstić information content (AvgIpc) is 2.72. The lowest BCUT2D eigenvalue weighted by Crippen LogP contribution is -2.41. The lowest BCUT2D eigenvalue weighted by atomic mass is 9.40. The topological polar surface area (TPSA) is 12.9 Å². The lowest BCUT2D eigenvalue weighted by molar-refractivity contribution is 0.358. The van der Waals surface area contributed by atoms with Crippen LogP contribution in [0.4, 0.5) is 0 Å². The number of hydrogen-bond donors (Lipinski definition) is 0. The van der Waals surface area contributed by atoms with Gasteiger partial charge in [-0.15, -0.1) is 0 Å². The summed E-state index contributed by atoms with van der Waals surface area (Å²) >= 11 is 0. The molecule has 0 saturated heterocycles. The third kappa shape index (κ3) is 4.66. The van der Waals surface area contributed by atoms with Crippen LogP contribution >= 0.6 is 0 Å². The molecule has 0 atom stereocenters. The second-order valence-corrected chi connectivity index (χ2v) is 10.3. The molecule has 0 saturated carbocycles. The minimum absolute atomic E-state index is 0.270. The Bertz CT molecular complexity index is 1020. The zero-order chi connectivity index (χ0) is 23.0. The van der Waals surface area contributed by atoms with Gasteiger partial charge in [0.2, 0.25) is 0 Å². The van der Waals surface area contributed by atoms with Gasteiger partial charge in [-0.3, -0.25) is 4.98 Å². The molecule has 0 spiro atoms. The molecule has 0 amide bonds. The average molecular weight is 405 g/mol. The van der Waals surface area contributed by atoms with Crippen molar-refractivity contribution in [2.75, 3.05) is 0 Å². The van der Waals surface area contributed by atoms with Crippen LogP contribution in [0.3, 0.4) is 0 Å². The predicted octanol–water partition coefficient (Wildman–Crippen LogP) is 7.20.